The van der Waals surface area contributed by atoms with Crippen molar-refractivity contribution in [3.05, 3.63) is 33.9 Å². The molecule has 104 valence electrons. The second-order valence-electron chi connectivity index (χ2n) is 5.64. The first-order valence-electron chi connectivity index (χ1n) is 6.27. The van der Waals surface area contributed by atoms with Crippen LogP contribution < -0.4 is 4.31 Å². The highest BCUT2D eigenvalue weighted by atomic mass is 32.2. The molecule has 0 bridgehead atoms. The van der Waals surface area contributed by atoms with Crippen molar-refractivity contribution in [1.29, 1.82) is 0 Å². The Labute approximate surface area is 115 Å². The summed E-state index contributed by atoms with van der Waals surface area (Å²) in [5, 5.41) is 10.9. The van der Waals surface area contributed by atoms with Crippen LogP contribution in [0, 0.1) is 10.1 Å². The highest BCUT2D eigenvalue weighted by Gasteiger charge is 2.30. The molecule has 1 unspecified atom stereocenters. The van der Waals surface area contributed by atoms with Gasteiger partial charge in [-0.05, 0) is 39.2 Å². The summed E-state index contributed by atoms with van der Waals surface area (Å²) in [7, 11) is -1.20. The minimum Gasteiger partial charge on any atom is -0.291 e. The highest BCUT2D eigenvalue weighted by Crippen LogP contribution is 2.34. The fourth-order valence-corrected chi connectivity index (χ4v) is 3.45. The van der Waals surface area contributed by atoms with Gasteiger partial charge in [-0.3, -0.25) is 14.4 Å². The van der Waals surface area contributed by atoms with Crippen molar-refractivity contribution in [1.82, 2.24) is 0 Å². The quantitative estimate of drug-likeness (QED) is 0.619. The number of nitro benzene ring substituents is 1. The molecule has 1 aromatic rings. The fourth-order valence-electron chi connectivity index (χ4n) is 2.15. The van der Waals surface area contributed by atoms with E-state index >= 15 is 0 Å². The van der Waals surface area contributed by atoms with Crippen LogP contribution in [-0.2, 0) is 17.4 Å². The van der Waals surface area contributed by atoms with Gasteiger partial charge in [-0.1, -0.05) is 6.07 Å². The molecule has 0 radical (unpaired) electrons. The Bertz CT molecular complexity index is 537. The molecule has 0 saturated heterocycles. The van der Waals surface area contributed by atoms with Gasteiger partial charge in [0.2, 0.25) is 0 Å². The Kier molecular flexibility index (Phi) is 3.62. The molecule has 5 nitrogen and oxygen atoms in total. The number of hydrogen-bond donors (Lipinski definition) is 0. The Morgan fingerprint density at radius 1 is 1.37 bits per heavy atom. The molecule has 1 heterocycles. The molecule has 0 saturated carbocycles. The van der Waals surface area contributed by atoms with Crippen molar-refractivity contribution < 1.29 is 9.13 Å². The molecule has 0 aromatic heterocycles. The molecular weight excluding hydrogens is 264 g/mol. The number of non-ortho nitro benzene ring substituents is 1. The smallest absolute Gasteiger partial charge is 0.271 e. The minimum absolute atomic E-state index is 0.0524. The molecular formula is C13H18N2O3S. The molecule has 0 aliphatic carbocycles. The van der Waals surface area contributed by atoms with E-state index < -0.39 is 15.9 Å². The number of fused-ring (bicyclic) bond motifs is 1. The predicted molar refractivity (Wildman–Crippen MR) is 76.7 cm³/mol. The van der Waals surface area contributed by atoms with Crippen molar-refractivity contribution in [2.75, 3.05) is 10.8 Å². The lowest BCUT2D eigenvalue weighted by Crippen LogP contribution is -2.40. The van der Waals surface area contributed by atoms with Gasteiger partial charge in [0.05, 0.1) is 15.4 Å². The number of aryl methyl sites for hydroxylation is 1. The third kappa shape index (κ3) is 2.78. The maximum Gasteiger partial charge on any atom is 0.271 e. The number of hydrogen-bond acceptors (Lipinski definition) is 3. The van der Waals surface area contributed by atoms with Gasteiger partial charge >= 0.3 is 0 Å². The Morgan fingerprint density at radius 3 is 2.63 bits per heavy atom. The Balaban J connectivity index is 2.45. The van der Waals surface area contributed by atoms with Gasteiger partial charge < -0.3 is 0 Å². The third-order valence-electron chi connectivity index (χ3n) is 3.08. The second-order valence-corrected chi connectivity index (χ2v) is 7.80. The normalized spacial score (nSPS) is 16.9. The van der Waals surface area contributed by atoms with Gasteiger partial charge in [0.1, 0.15) is 11.0 Å². The average molecular weight is 282 g/mol. The van der Waals surface area contributed by atoms with E-state index in [-0.39, 0.29) is 10.4 Å². The molecule has 1 aliphatic heterocycles. The van der Waals surface area contributed by atoms with Crippen LogP contribution in [-0.4, -0.2) is 20.4 Å². The standard InChI is InChI=1S/C13H18N2O3S/c1-13(2,3)19(18)14-8-4-5-10-6-7-11(15(16)17)9-12(10)14/h6-7,9H,4-5,8H2,1-3H3. The molecule has 0 fully saturated rings. The van der Waals surface area contributed by atoms with E-state index in [1.165, 1.54) is 12.1 Å². The first-order valence-corrected chi connectivity index (χ1v) is 7.38. The fraction of sp³-hybridized carbons (Fsp3) is 0.538. The topological polar surface area (TPSA) is 63.5 Å². The Hall–Kier alpha value is -1.43. The van der Waals surface area contributed by atoms with Gasteiger partial charge in [-0.15, -0.1) is 0 Å². The number of benzene rings is 1. The summed E-state index contributed by atoms with van der Waals surface area (Å²) in [4.78, 5) is 10.5. The molecule has 2 rings (SSSR count). The van der Waals surface area contributed by atoms with Gasteiger partial charge in [-0.2, -0.15) is 0 Å². The molecule has 0 amide bonds. The van der Waals surface area contributed by atoms with Crippen molar-refractivity contribution in [2.45, 2.75) is 38.4 Å². The van der Waals surface area contributed by atoms with E-state index in [9.17, 15) is 14.3 Å². The highest BCUT2D eigenvalue weighted by molar-refractivity contribution is 7.87. The molecule has 0 spiro atoms. The zero-order valence-corrected chi connectivity index (χ0v) is 12.2. The van der Waals surface area contributed by atoms with Gasteiger partial charge in [-0.25, -0.2) is 4.21 Å². The summed E-state index contributed by atoms with van der Waals surface area (Å²) in [5.74, 6) is 0. The van der Waals surface area contributed by atoms with Crippen LogP contribution in [0.15, 0.2) is 18.2 Å². The summed E-state index contributed by atoms with van der Waals surface area (Å²) in [5.41, 5.74) is 1.83. The molecule has 0 N–H and O–H groups in total. The van der Waals surface area contributed by atoms with Crippen molar-refractivity contribution in [3.8, 4) is 0 Å². The predicted octanol–water partition coefficient (Wildman–Crippen LogP) is 2.81. The maximum absolute atomic E-state index is 12.5. The molecule has 1 aromatic carbocycles. The zero-order chi connectivity index (χ0) is 14.2. The summed E-state index contributed by atoms with van der Waals surface area (Å²) in [6.07, 6.45) is 1.80. The molecule has 19 heavy (non-hydrogen) atoms. The first-order chi connectivity index (χ1) is 8.80. The van der Waals surface area contributed by atoms with E-state index in [1.54, 1.807) is 10.4 Å². The zero-order valence-electron chi connectivity index (χ0n) is 11.4. The lowest BCUT2D eigenvalue weighted by Gasteiger charge is -2.34. The summed E-state index contributed by atoms with van der Waals surface area (Å²) in [6.45, 7) is 6.41. The van der Waals surface area contributed by atoms with Crippen LogP contribution in [0.2, 0.25) is 0 Å². The number of nitro groups is 1. The number of rotatable bonds is 2. The number of anilines is 1. The average Bonchev–Trinajstić information content (AvgIpc) is 2.35. The van der Waals surface area contributed by atoms with Crippen LogP contribution in [0.3, 0.4) is 0 Å². The van der Waals surface area contributed by atoms with Gasteiger partial charge in [0, 0.05) is 18.7 Å². The largest absolute Gasteiger partial charge is 0.291 e. The molecule has 1 aliphatic rings. The number of nitrogens with zero attached hydrogens (tertiary/aromatic N) is 2. The minimum atomic E-state index is -1.20. The molecule has 6 heteroatoms. The first kappa shape index (κ1) is 14.0. The van der Waals surface area contributed by atoms with Crippen LogP contribution >= 0.6 is 0 Å². The van der Waals surface area contributed by atoms with Gasteiger partial charge in [0.25, 0.3) is 5.69 Å². The van der Waals surface area contributed by atoms with Crippen LogP contribution in [0.4, 0.5) is 11.4 Å². The Morgan fingerprint density at radius 2 is 2.05 bits per heavy atom. The maximum atomic E-state index is 12.5. The second kappa shape index (κ2) is 4.92. The summed E-state index contributed by atoms with van der Waals surface area (Å²) < 4.78 is 14.0. The van der Waals surface area contributed by atoms with Crippen LogP contribution in [0.5, 0.6) is 0 Å². The van der Waals surface area contributed by atoms with Crippen molar-refractivity contribution >= 4 is 22.4 Å². The third-order valence-corrected chi connectivity index (χ3v) is 4.91. The lowest BCUT2D eigenvalue weighted by atomic mass is 10.0. The van der Waals surface area contributed by atoms with Crippen molar-refractivity contribution in [2.24, 2.45) is 0 Å². The van der Waals surface area contributed by atoms with Crippen molar-refractivity contribution in [3.63, 3.8) is 0 Å². The van der Waals surface area contributed by atoms with Gasteiger partial charge in [0.15, 0.2) is 0 Å². The van der Waals surface area contributed by atoms with E-state index in [0.29, 0.717) is 6.54 Å². The molecule has 1 atom stereocenters. The SMILES string of the molecule is CC(C)(C)S(=O)N1CCCc2ccc([N+](=O)[O-])cc21. The van der Waals surface area contributed by atoms with Crippen LogP contribution in [0.25, 0.3) is 0 Å². The van der Waals surface area contributed by atoms with Crippen LogP contribution in [0.1, 0.15) is 32.8 Å². The van der Waals surface area contributed by atoms with E-state index in [4.69, 9.17) is 0 Å². The summed E-state index contributed by atoms with van der Waals surface area (Å²) >= 11 is 0. The van der Waals surface area contributed by atoms with E-state index in [0.717, 1.165) is 24.1 Å². The monoisotopic (exact) mass is 282 g/mol. The van der Waals surface area contributed by atoms with E-state index in [2.05, 4.69) is 0 Å². The lowest BCUT2D eigenvalue weighted by molar-refractivity contribution is -0.384. The summed E-state index contributed by atoms with van der Waals surface area (Å²) in [6, 6.07) is 4.83. The van der Waals surface area contributed by atoms with E-state index in [1.807, 2.05) is 20.8 Å².